The normalized spacial score (nSPS) is 14.4. The Hall–Kier alpha value is -8.20. The van der Waals surface area contributed by atoms with Gasteiger partial charge < -0.3 is 9.47 Å². The second kappa shape index (κ2) is 13.9. The molecule has 1 aliphatic heterocycles. The van der Waals surface area contributed by atoms with Crippen molar-refractivity contribution in [1.29, 1.82) is 0 Å². The minimum absolute atomic E-state index is 0.502. The molecule has 0 fully saturated rings. The molecule has 0 saturated carbocycles. The van der Waals surface area contributed by atoms with Crippen LogP contribution in [-0.2, 0) is 5.41 Å². The summed E-state index contributed by atoms with van der Waals surface area (Å²) in [5, 5.41) is 2.58. The summed E-state index contributed by atoms with van der Waals surface area (Å²) in [6, 6.07) is 89.4. The van der Waals surface area contributed by atoms with E-state index in [0.717, 1.165) is 17.1 Å². The van der Waals surface area contributed by atoms with E-state index in [-0.39, 0.29) is 0 Å². The van der Waals surface area contributed by atoms with Gasteiger partial charge in [-0.1, -0.05) is 182 Å². The summed E-state index contributed by atoms with van der Waals surface area (Å²) in [6.45, 7) is 0. The zero-order valence-corrected chi connectivity index (χ0v) is 34.5. The van der Waals surface area contributed by atoms with Crippen molar-refractivity contribution in [2.45, 2.75) is 5.41 Å². The van der Waals surface area contributed by atoms with E-state index in [2.05, 4.69) is 252 Å². The SMILES string of the molecule is c1ccc(-c2cccc(-c3ccc(N(c4ccccc4)c4cccc(-c5ccc6c(c5)C5(c7ccccc7-6)c6ccccc6-n6c7ccccc7c7cccc5c76)c4)cc3)c2)cc1. The Bertz CT molecular complexity index is 3560. The van der Waals surface area contributed by atoms with E-state index in [4.69, 9.17) is 0 Å². The van der Waals surface area contributed by atoms with Crippen LogP contribution >= 0.6 is 0 Å². The minimum Gasteiger partial charge on any atom is -0.310 e. The van der Waals surface area contributed by atoms with Gasteiger partial charge in [-0.05, 0) is 127 Å². The van der Waals surface area contributed by atoms with Crippen molar-refractivity contribution in [3.8, 4) is 50.2 Å². The summed E-state index contributed by atoms with van der Waals surface area (Å²) < 4.78 is 2.51. The van der Waals surface area contributed by atoms with Crippen LogP contribution in [0.4, 0.5) is 17.1 Å². The van der Waals surface area contributed by atoms with Crippen LogP contribution < -0.4 is 4.90 Å². The highest BCUT2D eigenvalue weighted by molar-refractivity contribution is 6.13. The molecule has 10 aromatic carbocycles. The second-order valence-corrected chi connectivity index (χ2v) is 16.8. The average Bonchev–Trinajstić information content (AvgIpc) is 3.85. The largest absolute Gasteiger partial charge is 0.310 e. The van der Waals surface area contributed by atoms with Gasteiger partial charge in [0.05, 0.1) is 22.1 Å². The van der Waals surface area contributed by atoms with E-state index in [1.807, 2.05) is 0 Å². The van der Waals surface area contributed by atoms with Gasteiger partial charge in [0.2, 0.25) is 0 Å². The van der Waals surface area contributed by atoms with Crippen LogP contribution in [0, 0.1) is 0 Å². The first-order chi connectivity index (χ1) is 31.3. The predicted molar refractivity (Wildman–Crippen MR) is 263 cm³/mol. The molecule has 1 atom stereocenters. The highest BCUT2D eigenvalue weighted by Gasteiger charge is 2.50. The molecular weight excluding hydrogens is 761 g/mol. The van der Waals surface area contributed by atoms with Crippen molar-refractivity contribution in [2.24, 2.45) is 0 Å². The molecule has 1 aliphatic carbocycles. The number of fused-ring (bicyclic) bond motifs is 12. The third kappa shape index (κ3) is 5.25. The van der Waals surface area contributed by atoms with E-state index >= 15 is 0 Å². The molecule has 2 aliphatic rings. The first kappa shape index (κ1) is 35.5. The van der Waals surface area contributed by atoms with E-state index in [0.29, 0.717) is 0 Å². The third-order valence-corrected chi connectivity index (χ3v) is 13.6. The first-order valence-corrected chi connectivity index (χ1v) is 21.8. The van der Waals surface area contributed by atoms with Crippen LogP contribution in [0.1, 0.15) is 22.3 Å². The Balaban J connectivity index is 0.958. The molecule has 2 heterocycles. The van der Waals surface area contributed by atoms with Crippen LogP contribution in [0.5, 0.6) is 0 Å². The summed E-state index contributed by atoms with van der Waals surface area (Å²) in [5.74, 6) is 0. The Morgan fingerprint density at radius 1 is 0.302 bits per heavy atom. The fourth-order valence-corrected chi connectivity index (χ4v) is 10.9. The van der Waals surface area contributed by atoms with Gasteiger partial charge in [-0.15, -0.1) is 0 Å². The smallest absolute Gasteiger partial charge is 0.0754 e. The lowest BCUT2D eigenvalue weighted by molar-refractivity contribution is 0.749. The van der Waals surface area contributed by atoms with Crippen molar-refractivity contribution in [3.05, 3.63) is 265 Å². The second-order valence-electron chi connectivity index (χ2n) is 16.8. The number of anilines is 3. The first-order valence-electron chi connectivity index (χ1n) is 21.8. The monoisotopic (exact) mass is 800 g/mol. The quantitative estimate of drug-likeness (QED) is 0.163. The van der Waals surface area contributed by atoms with Crippen molar-refractivity contribution >= 4 is 38.9 Å². The van der Waals surface area contributed by atoms with Crippen LogP contribution in [0.3, 0.4) is 0 Å². The lowest BCUT2D eigenvalue weighted by Crippen LogP contribution is -2.33. The number of hydrogen-bond donors (Lipinski definition) is 0. The lowest BCUT2D eigenvalue weighted by atomic mass is 9.65. The van der Waals surface area contributed by atoms with Crippen molar-refractivity contribution < 1.29 is 0 Å². The molecule has 0 radical (unpaired) electrons. The lowest BCUT2D eigenvalue weighted by Gasteiger charge is -2.39. The topological polar surface area (TPSA) is 8.17 Å². The molecule has 1 unspecified atom stereocenters. The van der Waals surface area contributed by atoms with Crippen LogP contribution in [-0.4, -0.2) is 4.57 Å². The van der Waals surface area contributed by atoms with Crippen molar-refractivity contribution in [1.82, 2.24) is 4.57 Å². The fraction of sp³-hybridized carbons (Fsp3) is 0.0164. The molecule has 294 valence electrons. The van der Waals surface area contributed by atoms with E-state index in [1.165, 1.54) is 94.3 Å². The van der Waals surface area contributed by atoms with Gasteiger partial charge in [0.25, 0.3) is 0 Å². The van der Waals surface area contributed by atoms with Gasteiger partial charge in [0, 0.05) is 27.8 Å². The molecule has 1 spiro atoms. The molecule has 0 bridgehead atoms. The van der Waals surface area contributed by atoms with Crippen LogP contribution in [0.15, 0.2) is 243 Å². The Morgan fingerprint density at radius 2 is 0.825 bits per heavy atom. The van der Waals surface area contributed by atoms with Crippen LogP contribution in [0.2, 0.25) is 0 Å². The molecule has 0 amide bonds. The Labute approximate surface area is 367 Å². The summed E-state index contributed by atoms with van der Waals surface area (Å²) >= 11 is 0. The number of benzene rings is 10. The summed E-state index contributed by atoms with van der Waals surface area (Å²) in [6.07, 6.45) is 0. The van der Waals surface area contributed by atoms with Gasteiger partial charge in [0.1, 0.15) is 0 Å². The third-order valence-electron chi connectivity index (χ3n) is 13.6. The molecule has 2 heteroatoms. The van der Waals surface area contributed by atoms with Gasteiger partial charge in [-0.25, -0.2) is 0 Å². The zero-order valence-electron chi connectivity index (χ0n) is 34.5. The number of para-hydroxylation sites is 4. The fourth-order valence-electron chi connectivity index (χ4n) is 10.9. The summed E-state index contributed by atoms with van der Waals surface area (Å²) in [7, 11) is 0. The van der Waals surface area contributed by atoms with Crippen molar-refractivity contribution in [3.63, 3.8) is 0 Å². The Morgan fingerprint density at radius 3 is 1.65 bits per heavy atom. The Kier molecular flexibility index (Phi) is 7.85. The van der Waals surface area contributed by atoms with E-state index < -0.39 is 5.41 Å². The predicted octanol–water partition coefficient (Wildman–Crippen LogP) is 15.9. The number of nitrogens with zero attached hydrogens (tertiary/aromatic N) is 2. The highest BCUT2D eigenvalue weighted by atomic mass is 15.1. The number of hydrogen-bond acceptors (Lipinski definition) is 1. The maximum atomic E-state index is 2.51. The zero-order chi connectivity index (χ0) is 41.5. The van der Waals surface area contributed by atoms with Gasteiger partial charge >= 0.3 is 0 Å². The van der Waals surface area contributed by atoms with Gasteiger partial charge in [-0.2, -0.15) is 0 Å². The maximum Gasteiger partial charge on any atom is 0.0754 e. The standard InChI is InChI=1S/C61H40N2/c1-3-16-41(17-4-1)43-18-13-19-44(38-43)42-32-35-48(36-33-42)62(47-21-5-2-6-22-47)49-23-14-20-45(39-49)46-34-37-51-50-24-7-9-27-54(50)61(57(51)40-46)55-28-10-12-31-59(55)63-58-30-11-8-25-52(58)53-26-15-29-56(61)60(53)63/h1-40H. The highest BCUT2D eigenvalue weighted by Crippen LogP contribution is 2.61. The van der Waals surface area contributed by atoms with Crippen molar-refractivity contribution in [2.75, 3.05) is 4.90 Å². The minimum atomic E-state index is -0.502. The molecule has 63 heavy (non-hydrogen) atoms. The molecular formula is C61H40N2. The summed E-state index contributed by atoms with van der Waals surface area (Å²) in [4.78, 5) is 2.37. The van der Waals surface area contributed by atoms with Gasteiger partial charge in [0.15, 0.2) is 0 Å². The molecule has 2 nitrogen and oxygen atoms in total. The van der Waals surface area contributed by atoms with Crippen LogP contribution in [0.25, 0.3) is 72.0 Å². The molecule has 0 N–H and O–H groups in total. The van der Waals surface area contributed by atoms with Gasteiger partial charge in [-0.3, -0.25) is 0 Å². The molecule has 0 saturated heterocycles. The number of aromatic nitrogens is 1. The number of rotatable bonds is 6. The molecule has 13 rings (SSSR count). The molecule has 11 aromatic rings. The maximum absolute atomic E-state index is 2.51. The van der Waals surface area contributed by atoms with E-state index in [1.54, 1.807) is 0 Å². The van der Waals surface area contributed by atoms with E-state index in [9.17, 15) is 0 Å². The average molecular weight is 801 g/mol. The summed E-state index contributed by atoms with van der Waals surface area (Å²) in [5.41, 5.74) is 21.7. The molecule has 1 aromatic heterocycles.